The van der Waals surface area contributed by atoms with Gasteiger partial charge in [-0.25, -0.2) is 0 Å². The molecule has 1 aliphatic carbocycles. The summed E-state index contributed by atoms with van der Waals surface area (Å²) in [6.45, 7) is 0. The van der Waals surface area contributed by atoms with E-state index in [2.05, 4.69) is 28.3 Å². The first-order valence-corrected chi connectivity index (χ1v) is 6.04. The lowest BCUT2D eigenvalue weighted by atomic mass is 10.0. The van der Waals surface area contributed by atoms with E-state index >= 15 is 0 Å². The van der Waals surface area contributed by atoms with Crippen LogP contribution in [0.2, 0.25) is 0 Å². The van der Waals surface area contributed by atoms with Crippen LogP contribution < -0.4 is 0 Å². The predicted molar refractivity (Wildman–Crippen MR) is 71.5 cm³/mol. The zero-order valence-corrected chi connectivity index (χ0v) is 10.3. The fourth-order valence-corrected chi connectivity index (χ4v) is 2.47. The number of nitrogens with zero attached hydrogens (tertiary/aromatic N) is 2. The van der Waals surface area contributed by atoms with Crippen molar-refractivity contribution in [2.24, 2.45) is 5.16 Å². The summed E-state index contributed by atoms with van der Waals surface area (Å²) in [4.78, 5) is 9.33. The van der Waals surface area contributed by atoms with Crippen molar-refractivity contribution in [3.63, 3.8) is 0 Å². The van der Waals surface area contributed by atoms with Crippen molar-refractivity contribution in [3.05, 3.63) is 53.7 Å². The second-order valence-corrected chi connectivity index (χ2v) is 4.27. The molecule has 0 spiro atoms. The molecule has 0 bridgehead atoms. The second kappa shape index (κ2) is 4.61. The third kappa shape index (κ3) is 1.78. The van der Waals surface area contributed by atoms with Gasteiger partial charge in [-0.1, -0.05) is 29.4 Å². The molecule has 90 valence electrons. The van der Waals surface area contributed by atoms with Gasteiger partial charge in [0.05, 0.1) is 11.4 Å². The molecule has 1 aromatic heterocycles. The van der Waals surface area contributed by atoms with Crippen molar-refractivity contribution >= 4 is 5.71 Å². The zero-order chi connectivity index (χ0) is 12.4. The van der Waals surface area contributed by atoms with Crippen LogP contribution in [-0.2, 0) is 11.3 Å². The molecule has 18 heavy (non-hydrogen) atoms. The SMILES string of the molecule is CON=C1CCc2c1cccc2-c1ccccn1. The molecule has 1 heterocycles. The Balaban J connectivity index is 2.13. The summed E-state index contributed by atoms with van der Waals surface area (Å²) >= 11 is 0. The number of benzene rings is 1. The molecule has 3 rings (SSSR count). The summed E-state index contributed by atoms with van der Waals surface area (Å²) in [6, 6.07) is 12.3. The van der Waals surface area contributed by atoms with Gasteiger partial charge >= 0.3 is 0 Å². The van der Waals surface area contributed by atoms with Crippen LogP contribution in [0.5, 0.6) is 0 Å². The molecule has 1 aliphatic rings. The normalized spacial score (nSPS) is 15.7. The third-order valence-corrected chi connectivity index (χ3v) is 3.24. The Morgan fingerprint density at radius 2 is 1.94 bits per heavy atom. The molecule has 0 radical (unpaired) electrons. The smallest absolute Gasteiger partial charge is 0.106 e. The highest BCUT2D eigenvalue weighted by Gasteiger charge is 2.21. The molecule has 0 atom stereocenters. The second-order valence-electron chi connectivity index (χ2n) is 4.27. The first kappa shape index (κ1) is 11.0. The Morgan fingerprint density at radius 3 is 2.72 bits per heavy atom. The molecular formula is C15H14N2O. The molecule has 0 N–H and O–H groups in total. The standard InChI is InChI=1S/C15H14N2O/c1-18-17-15-9-8-11-12(5-4-6-13(11)15)14-7-2-3-10-16-14/h2-7,10H,8-9H2,1H3. The molecule has 0 fully saturated rings. The van der Waals surface area contributed by atoms with Gasteiger partial charge in [0.25, 0.3) is 0 Å². The number of hydrogen-bond donors (Lipinski definition) is 0. The third-order valence-electron chi connectivity index (χ3n) is 3.24. The molecule has 2 aromatic rings. The molecular weight excluding hydrogens is 224 g/mol. The molecule has 0 amide bonds. The summed E-state index contributed by atoms with van der Waals surface area (Å²) in [7, 11) is 1.59. The van der Waals surface area contributed by atoms with E-state index in [1.54, 1.807) is 7.11 Å². The van der Waals surface area contributed by atoms with Gasteiger partial charge in [-0.3, -0.25) is 4.98 Å². The van der Waals surface area contributed by atoms with Crippen molar-refractivity contribution in [2.75, 3.05) is 7.11 Å². The maximum absolute atomic E-state index is 4.90. The number of rotatable bonds is 2. The number of hydrogen-bond acceptors (Lipinski definition) is 3. The summed E-state index contributed by atoms with van der Waals surface area (Å²) in [5.74, 6) is 0. The molecule has 1 aromatic carbocycles. The monoisotopic (exact) mass is 238 g/mol. The number of fused-ring (bicyclic) bond motifs is 1. The minimum atomic E-state index is 0.938. The highest BCUT2D eigenvalue weighted by molar-refractivity contribution is 6.05. The van der Waals surface area contributed by atoms with Crippen LogP contribution in [0.15, 0.2) is 47.8 Å². The summed E-state index contributed by atoms with van der Waals surface area (Å²) in [6.07, 6.45) is 3.77. The number of aromatic nitrogens is 1. The van der Waals surface area contributed by atoms with Crippen LogP contribution >= 0.6 is 0 Å². The van der Waals surface area contributed by atoms with Crippen LogP contribution in [0.1, 0.15) is 17.5 Å². The lowest BCUT2D eigenvalue weighted by Crippen LogP contribution is -1.96. The highest BCUT2D eigenvalue weighted by Crippen LogP contribution is 2.31. The average Bonchev–Trinajstić information content (AvgIpc) is 2.84. The van der Waals surface area contributed by atoms with Gasteiger partial charge in [0.15, 0.2) is 0 Å². The van der Waals surface area contributed by atoms with Crippen LogP contribution in [0.3, 0.4) is 0 Å². The van der Waals surface area contributed by atoms with Crippen LogP contribution in [-0.4, -0.2) is 17.8 Å². The van der Waals surface area contributed by atoms with Crippen molar-refractivity contribution in [2.45, 2.75) is 12.8 Å². The maximum Gasteiger partial charge on any atom is 0.106 e. The van der Waals surface area contributed by atoms with Gasteiger partial charge in [-0.2, -0.15) is 0 Å². The van der Waals surface area contributed by atoms with E-state index in [1.807, 2.05) is 24.4 Å². The first-order valence-electron chi connectivity index (χ1n) is 6.04. The predicted octanol–water partition coefficient (Wildman–Crippen LogP) is 3.05. The Labute approximate surface area is 106 Å². The van der Waals surface area contributed by atoms with E-state index in [1.165, 1.54) is 16.7 Å². The van der Waals surface area contributed by atoms with Crippen molar-refractivity contribution < 1.29 is 4.84 Å². The molecule has 0 saturated heterocycles. The summed E-state index contributed by atoms with van der Waals surface area (Å²) < 4.78 is 0. The Kier molecular flexibility index (Phi) is 2.81. The summed E-state index contributed by atoms with van der Waals surface area (Å²) in [5.41, 5.74) is 5.78. The quantitative estimate of drug-likeness (QED) is 0.754. The van der Waals surface area contributed by atoms with Crippen molar-refractivity contribution in [1.82, 2.24) is 4.98 Å². The molecule has 0 aliphatic heterocycles. The van der Waals surface area contributed by atoms with E-state index in [0.717, 1.165) is 24.2 Å². The largest absolute Gasteiger partial charge is 0.399 e. The van der Waals surface area contributed by atoms with Gasteiger partial charge in [0.2, 0.25) is 0 Å². The van der Waals surface area contributed by atoms with Gasteiger partial charge in [0.1, 0.15) is 7.11 Å². The lowest BCUT2D eigenvalue weighted by molar-refractivity contribution is 0.213. The zero-order valence-electron chi connectivity index (χ0n) is 10.3. The van der Waals surface area contributed by atoms with Gasteiger partial charge < -0.3 is 4.84 Å². The first-order chi connectivity index (χ1) is 8.90. The molecule has 3 heteroatoms. The van der Waals surface area contributed by atoms with E-state index in [4.69, 9.17) is 4.84 Å². The number of oxime groups is 1. The van der Waals surface area contributed by atoms with Crippen LogP contribution in [0.4, 0.5) is 0 Å². The lowest BCUT2D eigenvalue weighted by Gasteiger charge is -2.07. The average molecular weight is 238 g/mol. The summed E-state index contributed by atoms with van der Waals surface area (Å²) in [5, 5.41) is 4.10. The Bertz CT molecular complexity index is 591. The topological polar surface area (TPSA) is 34.5 Å². The van der Waals surface area contributed by atoms with Crippen LogP contribution in [0, 0.1) is 0 Å². The fraction of sp³-hybridized carbons (Fsp3) is 0.200. The highest BCUT2D eigenvalue weighted by atomic mass is 16.6. The Morgan fingerprint density at radius 1 is 1.06 bits per heavy atom. The molecule has 3 nitrogen and oxygen atoms in total. The van der Waals surface area contributed by atoms with E-state index < -0.39 is 0 Å². The fourth-order valence-electron chi connectivity index (χ4n) is 2.47. The van der Waals surface area contributed by atoms with E-state index in [-0.39, 0.29) is 0 Å². The van der Waals surface area contributed by atoms with E-state index in [0.29, 0.717) is 0 Å². The minimum absolute atomic E-state index is 0.938. The van der Waals surface area contributed by atoms with Gasteiger partial charge in [-0.15, -0.1) is 0 Å². The Hall–Kier alpha value is -2.16. The molecule has 0 saturated carbocycles. The molecule has 0 unspecified atom stereocenters. The minimum Gasteiger partial charge on any atom is -0.399 e. The maximum atomic E-state index is 4.90. The van der Waals surface area contributed by atoms with Crippen molar-refractivity contribution in [1.29, 1.82) is 0 Å². The van der Waals surface area contributed by atoms with Crippen molar-refractivity contribution in [3.8, 4) is 11.3 Å². The van der Waals surface area contributed by atoms with Gasteiger partial charge in [0, 0.05) is 17.3 Å². The number of pyridine rings is 1. The van der Waals surface area contributed by atoms with Crippen LogP contribution in [0.25, 0.3) is 11.3 Å². The van der Waals surface area contributed by atoms with Gasteiger partial charge in [-0.05, 0) is 30.5 Å². The van der Waals surface area contributed by atoms with E-state index in [9.17, 15) is 0 Å².